The molecular weight excluding hydrogens is 200 g/mol. The van der Waals surface area contributed by atoms with Gasteiger partial charge in [-0.3, -0.25) is 4.79 Å². The minimum atomic E-state index is -0.875. The topological polar surface area (TPSA) is 69.7 Å². The quantitative estimate of drug-likeness (QED) is 0.305. The maximum absolute atomic E-state index is 11.1. The zero-order valence-corrected chi connectivity index (χ0v) is 9.03. The summed E-state index contributed by atoms with van der Waals surface area (Å²) in [5, 5.41) is 0. The molecule has 0 N–H and O–H groups in total. The van der Waals surface area contributed by atoms with E-state index in [1.165, 1.54) is 6.92 Å². The molecule has 0 aliphatic heterocycles. The Hall–Kier alpha value is -1.65. The fraction of sp³-hybridized carbons (Fsp3) is 0.500. The number of hydrogen-bond acceptors (Lipinski definition) is 5. The van der Waals surface area contributed by atoms with Crippen LogP contribution in [0.3, 0.4) is 0 Å². The molecule has 0 aliphatic rings. The molecule has 0 atom stereocenters. The standard InChI is InChI=1S/C10H14O5/c1-4-5-7(2)10(13)15-14-9(12)6-8(3)11/h5H,4,6H2,1-3H3/b7-5+. The van der Waals surface area contributed by atoms with E-state index >= 15 is 0 Å². The number of allylic oxidation sites excluding steroid dienone is 1. The van der Waals surface area contributed by atoms with E-state index < -0.39 is 18.4 Å². The molecule has 0 bridgehead atoms. The van der Waals surface area contributed by atoms with E-state index in [0.717, 1.165) is 0 Å². The summed E-state index contributed by atoms with van der Waals surface area (Å²) in [6, 6.07) is 0. The Morgan fingerprint density at radius 2 is 1.73 bits per heavy atom. The molecule has 0 saturated carbocycles. The number of hydrogen-bond donors (Lipinski definition) is 0. The molecule has 0 unspecified atom stereocenters. The van der Waals surface area contributed by atoms with E-state index in [-0.39, 0.29) is 5.78 Å². The Labute approximate surface area is 88.0 Å². The van der Waals surface area contributed by atoms with Crippen LogP contribution < -0.4 is 0 Å². The van der Waals surface area contributed by atoms with Crippen LogP contribution in [0, 0.1) is 0 Å². The van der Waals surface area contributed by atoms with Gasteiger partial charge in [0.1, 0.15) is 12.2 Å². The van der Waals surface area contributed by atoms with Gasteiger partial charge < -0.3 is 0 Å². The monoisotopic (exact) mass is 214 g/mol. The van der Waals surface area contributed by atoms with Crippen molar-refractivity contribution in [3.8, 4) is 0 Å². The molecule has 0 spiro atoms. The average Bonchev–Trinajstić information content (AvgIpc) is 2.13. The summed E-state index contributed by atoms with van der Waals surface area (Å²) < 4.78 is 0. The summed E-state index contributed by atoms with van der Waals surface area (Å²) in [4.78, 5) is 40.7. The Morgan fingerprint density at radius 3 is 2.20 bits per heavy atom. The lowest BCUT2D eigenvalue weighted by atomic mass is 10.2. The molecule has 0 aromatic rings. The fourth-order valence-electron chi connectivity index (χ4n) is 0.772. The largest absolute Gasteiger partial charge is 0.381 e. The van der Waals surface area contributed by atoms with Crippen LogP contribution in [-0.2, 0) is 24.2 Å². The van der Waals surface area contributed by atoms with Crippen molar-refractivity contribution in [2.24, 2.45) is 0 Å². The highest BCUT2D eigenvalue weighted by Gasteiger charge is 2.12. The van der Waals surface area contributed by atoms with Gasteiger partial charge in [-0.1, -0.05) is 13.0 Å². The van der Waals surface area contributed by atoms with Crippen molar-refractivity contribution < 1.29 is 24.2 Å². The predicted octanol–water partition coefficient (Wildman–Crippen LogP) is 1.32. The molecule has 15 heavy (non-hydrogen) atoms. The third kappa shape index (κ3) is 6.42. The fourth-order valence-corrected chi connectivity index (χ4v) is 0.772. The molecule has 0 saturated heterocycles. The number of ketones is 1. The Bertz CT molecular complexity index is 290. The minimum absolute atomic E-state index is 0.350. The van der Waals surface area contributed by atoms with Crippen molar-refractivity contribution in [3.05, 3.63) is 11.6 Å². The molecular formula is C10H14O5. The zero-order valence-electron chi connectivity index (χ0n) is 9.03. The van der Waals surface area contributed by atoms with Crippen LogP contribution in [-0.4, -0.2) is 17.7 Å². The van der Waals surface area contributed by atoms with Crippen LogP contribution in [0.5, 0.6) is 0 Å². The highest BCUT2D eigenvalue weighted by atomic mass is 17.2. The number of carbonyl (C=O) groups is 3. The van der Waals surface area contributed by atoms with Crippen LogP contribution in [0.1, 0.15) is 33.6 Å². The smallest absolute Gasteiger partial charge is 0.299 e. The lowest BCUT2D eigenvalue weighted by molar-refractivity contribution is -0.255. The van der Waals surface area contributed by atoms with Gasteiger partial charge in [0.25, 0.3) is 0 Å². The van der Waals surface area contributed by atoms with Crippen molar-refractivity contribution in [2.45, 2.75) is 33.6 Å². The Kier molecular flexibility index (Phi) is 6.01. The number of rotatable bonds is 4. The first-order valence-corrected chi connectivity index (χ1v) is 4.55. The molecule has 5 nitrogen and oxygen atoms in total. The van der Waals surface area contributed by atoms with Gasteiger partial charge >= 0.3 is 11.9 Å². The van der Waals surface area contributed by atoms with Gasteiger partial charge in [0.05, 0.1) is 0 Å². The van der Waals surface area contributed by atoms with E-state index in [9.17, 15) is 14.4 Å². The van der Waals surface area contributed by atoms with Crippen molar-refractivity contribution >= 4 is 17.7 Å². The summed E-state index contributed by atoms with van der Waals surface area (Å²) in [5.74, 6) is -1.95. The second kappa shape index (κ2) is 6.75. The summed E-state index contributed by atoms with van der Waals surface area (Å²) >= 11 is 0. The summed E-state index contributed by atoms with van der Waals surface area (Å²) in [7, 11) is 0. The molecule has 0 aliphatic carbocycles. The van der Waals surface area contributed by atoms with E-state index in [0.29, 0.717) is 12.0 Å². The van der Waals surface area contributed by atoms with Crippen LogP contribution >= 0.6 is 0 Å². The summed E-state index contributed by atoms with van der Waals surface area (Å²) in [6.45, 7) is 4.65. The van der Waals surface area contributed by atoms with Gasteiger partial charge in [-0.05, 0) is 20.3 Å². The van der Waals surface area contributed by atoms with Crippen LogP contribution in [0.25, 0.3) is 0 Å². The van der Waals surface area contributed by atoms with E-state index in [1.807, 2.05) is 6.92 Å². The van der Waals surface area contributed by atoms with Gasteiger partial charge in [-0.25, -0.2) is 19.4 Å². The highest BCUT2D eigenvalue weighted by molar-refractivity contribution is 5.94. The molecule has 0 heterocycles. The summed E-state index contributed by atoms with van der Waals surface area (Å²) in [5.41, 5.74) is 0.355. The lowest BCUT2D eigenvalue weighted by Gasteiger charge is -2.01. The van der Waals surface area contributed by atoms with Crippen molar-refractivity contribution in [1.29, 1.82) is 0 Å². The first-order chi connectivity index (χ1) is 6.97. The normalized spacial score (nSPS) is 10.7. The second-order valence-electron chi connectivity index (χ2n) is 3.00. The molecule has 0 radical (unpaired) electrons. The third-order valence-electron chi connectivity index (χ3n) is 1.44. The molecule has 84 valence electrons. The molecule has 0 aromatic carbocycles. The second-order valence-corrected chi connectivity index (χ2v) is 3.00. The first kappa shape index (κ1) is 13.4. The first-order valence-electron chi connectivity index (χ1n) is 4.55. The molecule has 0 aromatic heterocycles. The SMILES string of the molecule is CC/C=C(\C)C(=O)OOC(=O)CC(C)=O. The zero-order chi connectivity index (χ0) is 11.8. The van der Waals surface area contributed by atoms with Gasteiger partial charge in [-0.15, -0.1) is 0 Å². The molecule has 0 fully saturated rings. The van der Waals surface area contributed by atoms with Crippen LogP contribution in [0.4, 0.5) is 0 Å². The minimum Gasteiger partial charge on any atom is -0.299 e. The molecule has 0 amide bonds. The number of Topliss-reactive ketones (excluding diaryl/α,β-unsaturated/α-hetero) is 1. The predicted molar refractivity (Wildman–Crippen MR) is 51.5 cm³/mol. The van der Waals surface area contributed by atoms with Crippen molar-refractivity contribution in [3.63, 3.8) is 0 Å². The van der Waals surface area contributed by atoms with Crippen molar-refractivity contribution in [2.75, 3.05) is 0 Å². The van der Waals surface area contributed by atoms with Gasteiger partial charge in [0.2, 0.25) is 0 Å². The highest BCUT2D eigenvalue weighted by Crippen LogP contribution is 2.00. The Morgan fingerprint density at radius 1 is 1.13 bits per heavy atom. The van der Waals surface area contributed by atoms with E-state index in [2.05, 4.69) is 9.78 Å². The summed E-state index contributed by atoms with van der Waals surface area (Å²) in [6.07, 6.45) is 1.92. The van der Waals surface area contributed by atoms with E-state index in [4.69, 9.17) is 0 Å². The van der Waals surface area contributed by atoms with Crippen LogP contribution in [0.15, 0.2) is 11.6 Å². The van der Waals surface area contributed by atoms with Gasteiger partial charge in [-0.2, -0.15) is 0 Å². The average molecular weight is 214 g/mol. The number of carbonyl (C=O) groups excluding carboxylic acids is 3. The lowest BCUT2D eigenvalue weighted by Crippen LogP contribution is -2.14. The maximum atomic E-state index is 11.1. The molecule has 0 rings (SSSR count). The van der Waals surface area contributed by atoms with E-state index in [1.54, 1.807) is 13.0 Å². The maximum Gasteiger partial charge on any atom is 0.381 e. The van der Waals surface area contributed by atoms with Gasteiger partial charge in [0, 0.05) is 5.57 Å². The van der Waals surface area contributed by atoms with Crippen LogP contribution in [0.2, 0.25) is 0 Å². The third-order valence-corrected chi connectivity index (χ3v) is 1.44. The molecule has 5 heteroatoms. The van der Waals surface area contributed by atoms with Gasteiger partial charge in [0.15, 0.2) is 0 Å². The Balaban J connectivity index is 3.96. The van der Waals surface area contributed by atoms with Crippen molar-refractivity contribution in [1.82, 2.24) is 0 Å².